The third-order valence-electron chi connectivity index (χ3n) is 8.68. The maximum absolute atomic E-state index is 13.1. The topological polar surface area (TPSA) is 75.4 Å². The Morgan fingerprint density at radius 1 is 1.39 bits per heavy atom. The van der Waals surface area contributed by atoms with Gasteiger partial charge in [0.05, 0.1) is 25.7 Å². The Bertz CT molecular complexity index is 1130. The van der Waals surface area contributed by atoms with Crippen molar-refractivity contribution < 1.29 is 23.8 Å². The van der Waals surface area contributed by atoms with Crippen LogP contribution in [0, 0.1) is 5.92 Å². The quantitative estimate of drug-likeness (QED) is 0.721. The zero-order valence-corrected chi connectivity index (χ0v) is 19.3. The standard InChI is InChI=1S/C26H30N2O5/c1-27-10-9-26-17-5-6-18(28(2)22(30)7-4-15-8-11-32-14-15)25(26)33-24-21(31-3)13-20(29)16(23(24)26)12-19(17)27/h4,7-8,11,13-14,17-19,25,29H,5-6,9-10,12H2,1-3H3/b7-4+/t17-,18+,19+,25-,26-/m0/s1. The van der Waals surface area contributed by atoms with Crippen LogP contribution in [0.3, 0.4) is 0 Å². The van der Waals surface area contributed by atoms with Crippen LogP contribution >= 0.6 is 0 Å². The van der Waals surface area contributed by atoms with Gasteiger partial charge in [0, 0.05) is 47.3 Å². The molecule has 174 valence electrons. The summed E-state index contributed by atoms with van der Waals surface area (Å²) >= 11 is 0. The Labute approximate surface area is 193 Å². The average Bonchev–Trinajstić information content (AvgIpc) is 3.45. The number of phenolic OH excluding ortho intramolecular Hbond substituents is 1. The molecule has 7 heteroatoms. The van der Waals surface area contributed by atoms with E-state index in [1.165, 1.54) is 0 Å². The van der Waals surface area contributed by atoms with Crippen molar-refractivity contribution in [1.82, 2.24) is 9.80 Å². The maximum atomic E-state index is 13.1. The smallest absolute Gasteiger partial charge is 0.246 e. The number of aromatic hydroxyl groups is 1. The number of likely N-dealkylation sites (N-methyl/N-ethyl adjacent to an activating group) is 2. The number of methoxy groups -OCH3 is 1. The van der Waals surface area contributed by atoms with Crippen molar-refractivity contribution in [2.75, 3.05) is 27.7 Å². The van der Waals surface area contributed by atoms with E-state index >= 15 is 0 Å². The average molecular weight is 451 g/mol. The molecule has 3 heterocycles. The van der Waals surface area contributed by atoms with Gasteiger partial charge in [-0.3, -0.25) is 4.79 Å². The number of nitrogens with zero attached hydrogens (tertiary/aromatic N) is 2. The summed E-state index contributed by atoms with van der Waals surface area (Å²) in [5.74, 6) is 2.03. The fourth-order valence-electron chi connectivity index (χ4n) is 7.13. The summed E-state index contributed by atoms with van der Waals surface area (Å²) in [6.45, 7) is 0.975. The first-order valence-corrected chi connectivity index (χ1v) is 11.7. The minimum absolute atomic E-state index is 0.0501. The Hall–Kier alpha value is -2.93. The van der Waals surface area contributed by atoms with E-state index in [4.69, 9.17) is 13.9 Å². The van der Waals surface area contributed by atoms with E-state index in [0.717, 1.165) is 54.7 Å². The monoisotopic (exact) mass is 450 g/mol. The molecule has 5 atom stereocenters. The van der Waals surface area contributed by atoms with Crippen molar-refractivity contribution in [2.24, 2.45) is 5.92 Å². The maximum Gasteiger partial charge on any atom is 0.246 e. The Kier molecular flexibility index (Phi) is 4.56. The van der Waals surface area contributed by atoms with Gasteiger partial charge in [-0.15, -0.1) is 0 Å². The SMILES string of the molecule is COc1cc(O)c2c3c1O[C@H]1[C@H](N(C)C(=O)/C=C/c4ccoc4)CC[C@H]4[C@@H](C2)N(C)CC[C@@]341. The second-order valence-corrected chi connectivity index (χ2v) is 9.95. The lowest BCUT2D eigenvalue weighted by Gasteiger charge is -2.59. The first-order chi connectivity index (χ1) is 16.0. The summed E-state index contributed by atoms with van der Waals surface area (Å²) in [4.78, 5) is 17.4. The number of hydrogen-bond acceptors (Lipinski definition) is 6. The summed E-state index contributed by atoms with van der Waals surface area (Å²) < 4.78 is 17.5. The summed E-state index contributed by atoms with van der Waals surface area (Å²) in [5, 5.41) is 10.9. The first-order valence-electron chi connectivity index (χ1n) is 11.7. The molecule has 2 fully saturated rings. The second-order valence-electron chi connectivity index (χ2n) is 9.95. The number of ether oxygens (including phenoxy) is 2. The van der Waals surface area contributed by atoms with E-state index in [9.17, 15) is 9.90 Å². The van der Waals surface area contributed by atoms with Gasteiger partial charge in [0.25, 0.3) is 0 Å². The molecule has 4 aliphatic rings. The lowest BCUT2D eigenvalue weighted by atomic mass is 9.51. The van der Waals surface area contributed by atoms with E-state index in [2.05, 4.69) is 11.9 Å². The molecule has 1 saturated carbocycles. The molecule has 0 radical (unpaired) electrons. The van der Waals surface area contributed by atoms with Crippen LogP contribution in [0.4, 0.5) is 0 Å². The largest absolute Gasteiger partial charge is 0.508 e. The molecule has 1 aromatic carbocycles. The molecule has 33 heavy (non-hydrogen) atoms. The fraction of sp³-hybridized carbons (Fsp3) is 0.500. The number of carbonyl (C=O) groups excluding carboxylic acids is 1. The molecule has 2 aliphatic heterocycles. The van der Waals surface area contributed by atoms with Crippen molar-refractivity contribution in [3.8, 4) is 17.2 Å². The first kappa shape index (κ1) is 20.7. The van der Waals surface area contributed by atoms with Crippen LogP contribution in [-0.2, 0) is 16.6 Å². The molecule has 7 nitrogen and oxygen atoms in total. The number of hydrogen-bond donors (Lipinski definition) is 1. The molecule has 2 bridgehead atoms. The van der Waals surface area contributed by atoms with Gasteiger partial charge in [0.1, 0.15) is 11.9 Å². The number of benzene rings is 1. The lowest BCUT2D eigenvalue weighted by Crippen LogP contribution is -2.68. The third kappa shape index (κ3) is 2.75. The number of furan rings is 1. The Morgan fingerprint density at radius 3 is 3.00 bits per heavy atom. The number of amides is 1. The predicted octanol–water partition coefficient (Wildman–Crippen LogP) is 3.20. The Balaban J connectivity index is 1.42. The van der Waals surface area contributed by atoms with Crippen LogP contribution in [0.2, 0.25) is 0 Å². The van der Waals surface area contributed by atoms with Gasteiger partial charge in [0.2, 0.25) is 5.91 Å². The van der Waals surface area contributed by atoms with Crippen molar-refractivity contribution in [2.45, 2.75) is 49.3 Å². The van der Waals surface area contributed by atoms with E-state index in [1.54, 1.807) is 37.9 Å². The highest BCUT2D eigenvalue weighted by Gasteiger charge is 2.66. The van der Waals surface area contributed by atoms with Gasteiger partial charge in [0.15, 0.2) is 11.5 Å². The number of likely N-dealkylation sites (tertiary alicyclic amines) is 1. The normalized spacial score (nSPS) is 31.8. The number of carbonyl (C=O) groups is 1. The molecule has 2 aromatic rings. The second kappa shape index (κ2) is 7.29. The van der Waals surface area contributed by atoms with Crippen molar-refractivity contribution in [3.05, 3.63) is 47.4 Å². The van der Waals surface area contributed by atoms with Gasteiger partial charge in [-0.2, -0.15) is 0 Å². The van der Waals surface area contributed by atoms with Gasteiger partial charge >= 0.3 is 0 Å². The number of phenols is 1. The molecule has 2 aliphatic carbocycles. The van der Waals surface area contributed by atoms with Gasteiger partial charge in [-0.25, -0.2) is 0 Å². The van der Waals surface area contributed by atoms with Crippen LogP contribution in [0.25, 0.3) is 6.08 Å². The van der Waals surface area contributed by atoms with E-state index < -0.39 is 0 Å². The zero-order chi connectivity index (χ0) is 22.9. The molecule has 1 saturated heterocycles. The predicted molar refractivity (Wildman–Crippen MR) is 123 cm³/mol. The van der Waals surface area contributed by atoms with E-state index in [-0.39, 0.29) is 23.5 Å². The van der Waals surface area contributed by atoms with Crippen LogP contribution in [0.5, 0.6) is 17.2 Å². The summed E-state index contributed by atoms with van der Waals surface area (Å²) in [6.07, 6.45) is 10.1. The minimum atomic E-state index is -0.210. The molecule has 0 unspecified atom stereocenters. The van der Waals surface area contributed by atoms with Crippen molar-refractivity contribution >= 4 is 12.0 Å². The van der Waals surface area contributed by atoms with Gasteiger partial charge in [-0.1, -0.05) is 0 Å². The third-order valence-corrected chi connectivity index (χ3v) is 8.68. The van der Waals surface area contributed by atoms with Gasteiger partial charge < -0.3 is 28.8 Å². The minimum Gasteiger partial charge on any atom is -0.508 e. The highest BCUT2D eigenvalue weighted by atomic mass is 16.5. The molecule has 1 N–H and O–H groups in total. The molecular formula is C26H30N2O5. The Morgan fingerprint density at radius 2 is 2.24 bits per heavy atom. The van der Waals surface area contributed by atoms with E-state index in [0.29, 0.717) is 23.5 Å². The van der Waals surface area contributed by atoms with Crippen LogP contribution in [0.1, 0.15) is 36.0 Å². The molecule has 1 spiro atoms. The summed E-state index contributed by atoms with van der Waals surface area (Å²) in [7, 11) is 5.68. The molecule has 1 aromatic heterocycles. The van der Waals surface area contributed by atoms with Crippen LogP contribution in [-0.4, -0.2) is 66.8 Å². The summed E-state index contributed by atoms with van der Waals surface area (Å²) in [5.41, 5.74) is 2.78. The molecule has 6 rings (SSSR count). The van der Waals surface area contributed by atoms with Crippen molar-refractivity contribution in [3.63, 3.8) is 0 Å². The van der Waals surface area contributed by atoms with Gasteiger partial charge in [-0.05, 0) is 57.3 Å². The molecule has 1 amide bonds. The number of rotatable bonds is 4. The van der Waals surface area contributed by atoms with E-state index in [1.807, 2.05) is 18.0 Å². The lowest BCUT2D eigenvalue weighted by molar-refractivity contribution is -0.134. The van der Waals surface area contributed by atoms with Crippen LogP contribution in [0.15, 0.2) is 35.2 Å². The molecular weight excluding hydrogens is 420 g/mol. The highest BCUT2D eigenvalue weighted by Crippen LogP contribution is 2.65. The summed E-state index contributed by atoms with van der Waals surface area (Å²) in [6, 6.07) is 3.82. The van der Waals surface area contributed by atoms with Crippen LogP contribution < -0.4 is 9.47 Å². The highest BCUT2D eigenvalue weighted by molar-refractivity contribution is 5.91. The van der Waals surface area contributed by atoms with Crippen molar-refractivity contribution in [1.29, 1.82) is 0 Å². The number of piperidine rings is 1. The zero-order valence-electron chi connectivity index (χ0n) is 19.3. The fourth-order valence-corrected chi connectivity index (χ4v) is 7.13.